The Morgan fingerprint density at radius 3 is 2.95 bits per heavy atom. The molecule has 0 spiro atoms. The van der Waals surface area contributed by atoms with Gasteiger partial charge in [-0.3, -0.25) is 0 Å². The zero-order valence-electron chi connectivity index (χ0n) is 10.0. The van der Waals surface area contributed by atoms with E-state index in [9.17, 15) is 4.39 Å². The highest BCUT2D eigenvalue weighted by Crippen LogP contribution is 2.29. The van der Waals surface area contributed by atoms with Gasteiger partial charge in [0.1, 0.15) is 22.2 Å². The van der Waals surface area contributed by atoms with Crippen LogP contribution in [-0.2, 0) is 0 Å². The van der Waals surface area contributed by atoms with Gasteiger partial charge in [-0.05, 0) is 30.3 Å². The summed E-state index contributed by atoms with van der Waals surface area (Å²) in [5, 5.41) is 4.95. The summed E-state index contributed by atoms with van der Waals surface area (Å²) in [5.41, 5.74) is 1.75. The van der Waals surface area contributed by atoms with Crippen molar-refractivity contribution in [3.8, 4) is 11.5 Å². The highest BCUT2D eigenvalue weighted by Gasteiger charge is 2.14. The van der Waals surface area contributed by atoms with E-state index in [1.165, 1.54) is 6.07 Å². The van der Waals surface area contributed by atoms with Gasteiger partial charge in [0.15, 0.2) is 11.4 Å². The predicted octanol–water partition coefficient (Wildman–Crippen LogP) is 3.94. The molecule has 3 aromatic heterocycles. The molecule has 0 radical (unpaired) electrons. The maximum atomic E-state index is 13.7. The third-order valence-electron chi connectivity index (χ3n) is 3.09. The van der Waals surface area contributed by atoms with Gasteiger partial charge < -0.3 is 4.42 Å². The fraction of sp³-hybridized carbons (Fsp3) is 0. The monoisotopic (exact) mass is 287 g/mol. The molecule has 0 amide bonds. The maximum Gasteiger partial charge on any atom is 0.155 e. The van der Waals surface area contributed by atoms with E-state index >= 15 is 0 Å². The van der Waals surface area contributed by atoms with E-state index in [1.54, 1.807) is 41.0 Å². The molecule has 4 rings (SSSR count). The van der Waals surface area contributed by atoms with E-state index in [0.29, 0.717) is 33.2 Å². The van der Waals surface area contributed by atoms with Crippen LogP contribution in [0.4, 0.5) is 4.39 Å². The number of aromatic nitrogens is 3. The van der Waals surface area contributed by atoms with Crippen LogP contribution in [-0.4, -0.2) is 14.6 Å². The van der Waals surface area contributed by atoms with Gasteiger partial charge in [0, 0.05) is 0 Å². The average molecular weight is 288 g/mol. The highest BCUT2D eigenvalue weighted by atomic mass is 35.5. The summed E-state index contributed by atoms with van der Waals surface area (Å²) in [5.74, 6) is 0.171. The summed E-state index contributed by atoms with van der Waals surface area (Å²) in [6, 6.07) is 9.76. The molecule has 0 saturated heterocycles. The first-order valence-corrected chi connectivity index (χ1v) is 6.29. The molecule has 0 saturated carbocycles. The summed E-state index contributed by atoms with van der Waals surface area (Å²) in [6.45, 7) is 0. The molecular weight excluding hydrogens is 281 g/mol. The molecule has 1 aromatic carbocycles. The number of nitrogens with zero attached hydrogens (tertiary/aromatic N) is 3. The number of rotatable bonds is 1. The van der Waals surface area contributed by atoms with Gasteiger partial charge in [0.05, 0.1) is 11.6 Å². The molecule has 0 fully saturated rings. The Bertz CT molecular complexity index is 944. The van der Waals surface area contributed by atoms with Gasteiger partial charge in [-0.1, -0.05) is 17.7 Å². The Kier molecular flexibility index (Phi) is 2.31. The van der Waals surface area contributed by atoms with Crippen LogP contribution in [0.2, 0.25) is 5.15 Å². The summed E-state index contributed by atoms with van der Waals surface area (Å²) in [6.07, 6.45) is 1.62. The van der Waals surface area contributed by atoms with Crippen molar-refractivity contribution in [2.75, 3.05) is 0 Å². The molecule has 0 aliphatic rings. The second kappa shape index (κ2) is 4.05. The average Bonchev–Trinajstić information content (AvgIpc) is 3.02. The molecule has 4 aromatic rings. The Morgan fingerprint density at radius 1 is 1.20 bits per heavy atom. The van der Waals surface area contributed by atoms with Crippen molar-refractivity contribution in [1.82, 2.24) is 14.6 Å². The molecule has 3 heterocycles. The SMILES string of the molecule is Fc1cccc2oc(-c3cnc4ccc(Cl)nn34)cc12. The number of imidazole rings is 1. The van der Waals surface area contributed by atoms with Gasteiger partial charge >= 0.3 is 0 Å². The highest BCUT2D eigenvalue weighted by molar-refractivity contribution is 6.29. The van der Waals surface area contributed by atoms with Crippen LogP contribution in [0.25, 0.3) is 28.1 Å². The fourth-order valence-electron chi connectivity index (χ4n) is 2.17. The maximum absolute atomic E-state index is 13.7. The summed E-state index contributed by atoms with van der Waals surface area (Å²) >= 11 is 5.89. The second-order valence-corrected chi connectivity index (χ2v) is 4.72. The largest absolute Gasteiger partial charge is 0.454 e. The van der Waals surface area contributed by atoms with Gasteiger partial charge in [0.25, 0.3) is 0 Å². The first-order valence-electron chi connectivity index (χ1n) is 5.91. The van der Waals surface area contributed by atoms with Crippen LogP contribution in [0.1, 0.15) is 0 Å². The molecule has 0 N–H and O–H groups in total. The van der Waals surface area contributed by atoms with E-state index in [4.69, 9.17) is 16.0 Å². The molecule has 0 aliphatic heterocycles. The Labute approximate surface area is 117 Å². The van der Waals surface area contributed by atoms with Crippen molar-refractivity contribution in [2.45, 2.75) is 0 Å². The topological polar surface area (TPSA) is 43.3 Å². The molecule has 4 nitrogen and oxygen atoms in total. The normalized spacial score (nSPS) is 11.5. The molecule has 6 heteroatoms. The van der Waals surface area contributed by atoms with Crippen LogP contribution in [0.3, 0.4) is 0 Å². The number of hydrogen-bond donors (Lipinski definition) is 0. The van der Waals surface area contributed by atoms with E-state index < -0.39 is 0 Å². The number of furan rings is 1. The van der Waals surface area contributed by atoms with Crippen molar-refractivity contribution < 1.29 is 8.81 Å². The van der Waals surface area contributed by atoms with Crippen molar-refractivity contribution in [2.24, 2.45) is 0 Å². The standard InChI is InChI=1S/C14H7ClFN3O/c15-13-4-5-14-17-7-10(19(14)18-13)12-6-8-9(16)2-1-3-11(8)20-12/h1-7H. The van der Waals surface area contributed by atoms with Crippen molar-refractivity contribution in [3.05, 3.63) is 53.6 Å². The summed E-state index contributed by atoms with van der Waals surface area (Å²) in [7, 11) is 0. The third-order valence-corrected chi connectivity index (χ3v) is 3.29. The van der Waals surface area contributed by atoms with Gasteiger partial charge in [-0.15, -0.1) is 0 Å². The first kappa shape index (κ1) is 11.4. The molecule has 0 atom stereocenters. The number of hydrogen-bond acceptors (Lipinski definition) is 3. The van der Waals surface area contributed by atoms with Crippen LogP contribution < -0.4 is 0 Å². The lowest BCUT2D eigenvalue weighted by Crippen LogP contribution is -1.93. The molecule has 0 unspecified atom stereocenters. The Morgan fingerprint density at radius 2 is 2.10 bits per heavy atom. The minimum atomic E-state index is -0.322. The molecule has 20 heavy (non-hydrogen) atoms. The Balaban J connectivity index is 2.01. The number of fused-ring (bicyclic) bond motifs is 2. The van der Waals surface area contributed by atoms with Crippen LogP contribution in [0.5, 0.6) is 0 Å². The van der Waals surface area contributed by atoms with Crippen LogP contribution in [0.15, 0.2) is 47.0 Å². The van der Waals surface area contributed by atoms with E-state index in [0.717, 1.165) is 0 Å². The molecule has 98 valence electrons. The quantitative estimate of drug-likeness (QED) is 0.533. The van der Waals surface area contributed by atoms with Gasteiger partial charge in [-0.2, -0.15) is 5.10 Å². The van der Waals surface area contributed by atoms with E-state index in [-0.39, 0.29) is 5.82 Å². The number of benzene rings is 1. The molecule has 0 aliphatic carbocycles. The van der Waals surface area contributed by atoms with Crippen LogP contribution in [0, 0.1) is 5.82 Å². The Hall–Kier alpha value is -2.40. The second-order valence-electron chi connectivity index (χ2n) is 4.33. The van der Waals surface area contributed by atoms with Crippen LogP contribution >= 0.6 is 11.6 Å². The molecule has 0 bridgehead atoms. The lowest BCUT2D eigenvalue weighted by molar-refractivity contribution is 0.618. The minimum Gasteiger partial charge on any atom is -0.454 e. The molecular formula is C14H7ClFN3O. The smallest absolute Gasteiger partial charge is 0.155 e. The fourth-order valence-corrected chi connectivity index (χ4v) is 2.31. The van der Waals surface area contributed by atoms with Crippen molar-refractivity contribution in [3.63, 3.8) is 0 Å². The zero-order chi connectivity index (χ0) is 13.7. The van der Waals surface area contributed by atoms with Gasteiger partial charge in [0.2, 0.25) is 0 Å². The predicted molar refractivity (Wildman–Crippen MR) is 73.2 cm³/mol. The summed E-state index contributed by atoms with van der Waals surface area (Å²) < 4.78 is 20.9. The zero-order valence-corrected chi connectivity index (χ0v) is 10.8. The third kappa shape index (κ3) is 1.60. The number of halogens is 2. The lowest BCUT2D eigenvalue weighted by Gasteiger charge is -1.97. The van der Waals surface area contributed by atoms with E-state index in [2.05, 4.69) is 10.1 Å². The summed E-state index contributed by atoms with van der Waals surface area (Å²) in [4.78, 5) is 4.22. The van der Waals surface area contributed by atoms with Crippen molar-refractivity contribution >= 4 is 28.2 Å². The lowest BCUT2D eigenvalue weighted by atomic mass is 10.2. The van der Waals surface area contributed by atoms with E-state index in [1.807, 2.05) is 0 Å². The van der Waals surface area contributed by atoms with Gasteiger partial charge in [-0.25, -0.2) is 13.9 Å². The first-order chi connectivity index (χ1) is 9.72. The minimum absolute atomic E-state index is 0.322. The van der Waals surface area contributed by atoms with Crippen molar-refractivity contribution in [1.29, 1.82) is 0 Å².